The van der Waals surface area contributed by atoms with Crippen LogP contribution < -0.4 is 10.5 Å². The quantitative estimate of drug-likeness (QED) is 0.646. The first kappa shape index (κ1) is 18.7. The van der Waals surface area contributed by atoms with E-state index < -0.39 is 21.7 Å². The van der Waals surface area contributed by atoms with Gasteiger partial charge in [-0.15, -0.1) is 0 Å². The summed E-state index contributed by atoms with van der Waals surface area (Å²) in [7, 11) is -2.67. The minimum atomic E-state index is -3.87. The lowest BCUT2D eigenvalue weighted by Gasteiger charge is -2.09. The van der Waals surface area contributed by atoms with Crippen LogP contribution in [0.3, 0.4) is 0 Å². The fourth-order valence-corrected chi connectivity index (χ4v) is 3.69. The summed E-state index contributed by atoms with van der Waals surface area (Å²) in [6.07, 6.45) is 0.778. The molecule has 0 unspecified atom stereocenters. The largest absolute Gasteiger partial charge is 0.468 e. The molecule has 0 saturated carbocycles. The number of hydrogen-bond acceptors (Lipinski definition) is 6. The van der Waals surface area contributed by atoms with Crippen molar-refractivity contribution in [2.75, 3.05) is 11.8 Å². The van der Waals surface area contributed by atoms with E-state index in [0.717, 1.165) is 16.6 Å². The van der Waals surface area contributed by atoms with Crippen LogP contribution in [0.1, 0.15) is 12.5 Å². The van der Waals surface area contributed by atoms with E-state index in [1.165, 1.54) is 25.3 Å². The van der Waals surface area contributed by atoms with Crippen LogP contribution in [0.15, 0.2) is 56.6 Å². The highest BCUT2D eigenvalue weighted by Crippen LogP contribution is 2.22. The highest BCUT2D eigenvalue weighted by molar-refractivity contribution is 7.92. The van der Waals surface area contributed by atoms with Gasteiger partial charge in [-0.2, -0.15) is 0 Å². The van der Waals surface area contributed by atoms with Crippen LogP contribution in [0.5, 0.6) is 0 Å². The Morgan fingerprint density at radius 1 is 1.22 bits per heavy atom. The second-order valence-electron chi connectivity index (χ2n) is 5.82. The van der Waals surface area contributed by atoms with Gasteiger partial charge >= 0.3 is 11.7 Å². The van der Waals surface area contributed by atoms with E-state index >= 15 is 0 Å². The molecule has 0 aliphatic heterocycles. The number of nitrogens with one attached hydrogen (secondary N) is 1. The number of esters is 1. The smallest absolute Gasteiger partial charge is 0.420 e. The Labute approximate surface area is 155 Å². The van der Waals surface area contributed by atoms with E-state index in [-0.39, 0.29) is 17.0 Å². The Kier molecular flexibility index (Phi) is 5.04. The molecule has 3 rings (SSSR count). The summed E-state index contributed by atoms with van der Waals surface area (Å²) >= 11 is 0. The fraction of sp³-hybridized carbons (Fsp3) is 0.222. The molecule has 9 heteroatoms. The van der Waals surface area contributed by atoms with Crippen molar-refractivity contribution < 1.29 is 22.4 Å². The predicted molar refractivity (Wildman–Crippen MR) is 99.1 cm³/mol. The minimum absolute atomic E-state index is 0.0594. The molecular weight excluding hydrogens is 372 g/mol. The van der Waals surface area contributed by atoms with Crippen LogP contribution in [-0.2, 0) is 32.5 Å². The number of nitrogens with zero attached hydrogens (tertiary/aromatic N) is 1. The number of fused-ring (bicyclic) bond motifs is 1. The van der Waals surface area contributed by atoms with Gasteiger partial charge in [-0.3, -0.25) is 14.1 Å². The Morgan fingerprint density at radius 2 is 2.00 bits per heavy atom. The van der Waals surface area contributed by atoms with E-state index in [2.05, 4.69) is 9.46 Å². The predicted octanol–water partition coefficient (Wildman–Crippen LogP) is 2.13. The molecule has 0 aliphatic carbocycles. The molecule has 0 atom stereocenters. The van der Waals surface area contributed by atoms with Crippen molar-refractivity contribution in [3.8, 4) is 0 Å². The van der Waals surface area contributed by atoms with Gasteiger partial charge in [-0.05, 0) is 36.2 Å². The monoisotopic (exact) mass is 390 g/mol. The third-order valence-corrected chi connectivity index (χ3v) is 5.43. The second kappa shape index (κ2) is 7.28. The molecule has 1 aromatic heterocycles. The number of carbonyl (C=O) groups is 1. The number of aromatic nitrogens is 1. The molecule has 0 aliphatic rings. The number of aryl methyl sites for hydroxylation is 1. The molecule has 142 valence electrons. The molecule has 2 aromatic carbocycles. The summed E-state index contributed by atoms with van der Waals surface area (Å²) in [5.41, 5.74) is 1.81. The van der Waals surface area contributed by atoms with Gasteiger partial charge in [-0.1, -0.05) is 19.1 Å². The average molecular weight is 390 g/mol. The zero-order valence-corrected chi connectivity index (χ0v) is 15.6. The maximum Gasteiger partial charge on any atom is 0.420 e. The van der Waals surface area contributed by atoms with E-state index in [4.69, 9.17) is 4.42 Å². The van der Waals surface area contributed by atoms with Crippen LogP contribution >= 0.6 is 0 Å². The summed E-state index contributed by atoms with van der Waals surface area (Å²) in [6, 6.07) is 11.1. The molecule has 0 amide bonds. The molecule has 1 N–H and O–H groups in total. The van der Waals surface area contributed by atoms with Gasteiger partial charge in [0.1, 0.15) is 6.54 Å². The first-order valence-electron chi connectivity index (χ1n) is 8.16. The third kappa shape index (κ3) is 3.87. The maximum absolute atomic E-state index is 12.6. The van der Waals surface area contributed by atoms with Crippen molar-refractivity contribution >= 4 is 32.8 Å². The molecular formula is C18H18N2O6S. The highest BCUT2D eigenvalue weighted by Gasteiger charge is 2.19. The van der Waals surface area contributed by atoms with Gasteiger partial charge in [-0.25, -0.2) is 13.2 Å². The van der Waals surface area contributed by atoms with Gasteiger partial charge < -0.3 is 9.15 Å². The van der Waals surface area contributed by atoms with E-state index in [9.17, 15) is 18.0 Å². The summed E-state index contributed by atoms with van der Waals surface area (Å²) in [4.78, 5) is 23.3. The number of benzene rings is 2. The summed E-state index contributed by atoms with van der Waals surface area (Å²) in [6.45, 7) is 1.65. The van der Waals surface area contributed by atoms with Crippen molar-refractivity contribution in [3.05, 3.63) is 58.6 Å². The molecule has 0 fully saturated rings. The van der Waals surface area contributed by atoms with Crippen molar-refractivity contribution in [3.63, 3.8) is 0 Å². The summed E-state index contributed by atoms with van der Waals surface area (Å²) < 4.78 is 38.5. The van der Waals surface area contributed by atoms with E-state index in [0.29, 0.717) is 11.2 Å². The Bertz CT molecular complexity index is 1160. The molecule has 0 spiro atoms. The molecule has 0 bridgehead atoms. The Hall–Kier alpha value is -3.07. The van der Waals surface area contributed by atoms with Crippen LogP contribution in [0.25, 0.3) is 11.1 Å². The number of oxazole rings is 1. The maximum atomic E-state index is 12.6. The zero-order chi connectivity index (χ0) is 19.6. The van der Waals surface area contributed by atoms with Crippen LogP contribution in [0, 0.1) is 0 Å². The second-order valence-corrected chi connectivity index (χ2v) is 7.50. The molecule has 3 aromatic rings. The third-order valence-electron chi connectivity index (χ3n) is 4.05. The summed E-state index contributed by atoms with van der Waals surface area (Å²) in [5.74, 6) is -1.39. The van der Waals surface area contributed by atoms with Crippen molar-refractivity contribution in [1.82, 2.24) is 4.57 Å². The van der Waals surface area contributed by atoms with Crippen molar-refractivity contribution in [2.45, 2.75) is 24.8 Å². The summed E-state index contributed by atoms with van der Waals surface area (Å²) in [5, 5.41) is 0. The first-order chi connectivity index (χ1) is 12.8. The molecule has 8 nitrogen and oxygen atoms in total. The zero-order valence-electron chi connectivity index (χ0n) is 14.8. The minimum Gasteiger partial charge on any atom is -0.468 e. The van der Waals surface area contributed by atoms with Crippen LogP contribution in [0.4, 0.5) is 5.69 Å². The number of sulfonamides is 1. The number of methoxy groups -OCH3 is 1. The van der Waals surface area contributed by atoms with Crippen LogP contribution in [-0.4, -0.2) is 26.1 Å². The number of anilines is 1. The molecule has 27 heavy (non-hydrogen) atoms. The standard InChI is InChI=1S/C18H18N2O6S/c1-3-12-5-4-6-13(9-12)19-27(23,24)14-7-8-15-16(10-14)26-18(22)20(15)11-17(21)25-2/h4-10,19H,3,11H2,1-2H3. The van der Waals surface area contributed by atoms with Gasteiger partial charge in [0, 0.05) is 11.8 Å². The topological polar surface area (TPSA) is 108 Å². The average Bonchev–Trinajstić information content (AvgIpc) is 2.96. The van der Waals surface area contributed by atoms with Crippen molar-refractivity contribution in [2.24, 2.45) is 0 Å². The normalized spacial score (nSPS) is 11.5. The number of hydrogen-bond donors (Lipinski definition) is 1. The van der Waals surface area contributed by atoms with Gasteiger partial charge in [0.15, 0.2) is 5.58 Å². The molecule has 0 saturated heterocycles. The number of rotatable bonds is 6. The first-order valence-corrected chi connectivity index (χ1v) is 9.64. The Morgan fingerprint density at radius 3 is 2.70 bits per heavy atom. The van der Waals surface area contributed by atoms with Crippen molar-refractivity contribution in [1.29, 1.82) is 0 Å². The van der Waals surface area contributed by atoms with Gasteiger partial charge in [0.2, 0.25) is 0 Å². The number of carbonyl (C=O) groups excluding carboxylic acids is 1. The number of ether oxygens (including phenoxy) is 1. The SMILES string of the molecule is CCc1cccc(NS(=O)(=O)c2ccc3c(c2)oc(=O)n3CC(=O)OC)c1. The van der Waals surface area contributed by atoms with Crippen LogP contribution in [0.2, 0.25) is 0 Å². The fourth-order valence-electron chi connectivity index (χ4n) is 2.63. The highest BCUT2D eigenvalue weighted by atomic mass is 32.2. The van der Waals surface area contributed by atoms with Gasteiger partial charge in [0.05, 0.1) is 17.5 Å². The van der Waals surface area contributed by atoms with Gasteiger partial charge in [0.25, 0.3) is 10.0 Å². The molecule has 0 radical (unpaired) electrons. The van der Waals surface area contributed by atoms with E-state index in [1.807, 2.05) is 13.0 Å². The Balaban J connectivity index is 1.96. The lowest BCUT2D eigenvalue weighted by molar-refractivity contribution is -0.141. The lowest BCUT2D eigenvalue weighted by Crippen LogP contribution is -2.20. The van der Waals surface area contributed by atoms with E-state index in [1.54, 1.807) is 18.2 Å². The lowest BCUT2D eigenvalue weighted by atomic mass is 10.1. The molecule has 1 heterocycles.